The number of hydrogen-bond acceptors (Lipinski definition) is 1. The molecule has 0 heterocycles. The lowest BCUT2D eigenvalue weighted by Gasteiger charge is -2.34. The van der Waals surface area contributed by atoms with Crippen molar-refractivity contribution >= 4 is 27.8 Å². The monoisotopic (exact) mass is 915 g/mol. The summed E-state index contributed by atoms with van der Waals surface area (Å²) >= 11 is 0. The van der Waals surface area contributed by atoms with Gasteiger partial charge in [-0.2, -0.15) is 0 Å². The molecule has 72 heavy (non-hydrogen) atoms. The highest BCUT2D eigenvalue weighted by Crippen LogP contribution is 2.58. The summed E-state index contributed by atoms with van der Waals surface area (Å²) in [5.74, 6) is 0. The van der Waals surface area contributed by atoms with Crippen molar-refractivity contribution in [2.75, 3.05) is 4.90 Å². The fraction of sp³-hybridized carbons (Fsp3) is 0.0141. The Morgan fingerprint density at radius 3 is 1.49 bits per heavy atom. The minimum Gasteiger partial charge on any atom is -0.310 e. The normalized spacial score (nSPS) is 12.3. The molecule has 0 saturated carbocycles. The van der Waals surface area contributed by atoms with Gasteiger partial charge in [0.2, 0.25) is 0 Å². The first-order valence-corrected chi connectivity index (χ1v) is 24.9. The molecule has 0 amide bonds. The molecule has 13 rings (SSSR count). The summed E-state index contributed by atoms with van der Waals surface area (Å²) in [7, 11) is 0. The molecule has 0 unspecified atom stereocenters. The standard InChI is InChI=1S/C71H49N/c1-4-20-50(21-5-1)55-24-16-26-57(48-55)64-33-13-15-39-69(64)72(61-31-17-25-56(49-61)51-40-42-53(43-41-51)63-35-18-23-52-22-10-11-32-62(52)63)60-46-44-54(45-47-60)65-36-19-38-68-70(65)66-34-12-14-37-67(66)71(68,58-27-6-2-7-28-58)59-29-8-3-9-30-59/h1-49H. The van der Waals surface area contributed by atoms with Gasteiger partial charge in [-0.3, -0.25) is 0 Å². The fourth-order valence-corrected chi connectivity index (χ4v) is 11.5. The summed E-state index contributed by atoms with van der Waals surface area (Å²) in [4.78, 5) is 2.43. The molecule has 0 aliphatic heterocycles. The SMILES string of the molecule is c1ccc(-c2cccc(-c3ccccc3N(c3ccc(-c4cccc5c4-c4ccccc4C5(c4ccccc4)c4ccccc4)cc3)c3cccc(-c4ccc(-c5cccc6ccccc56)cc4)c3)c2)cc1. The van der Waals surface area contributed by atoms with Crippen molar-refractivity contribution in [1.29, 1.82) is 0 Å². The summed E-state index contributed by atoms with van der Waals surface area (Å²) in [6.07, 6.45) is 0. The third-order valence-electron chi connectivity index (χ3n) is 14.8. The fourth-order valence-electron chi connectivity index (χ4n) is 11.5. The van der Waals surface area contributed by atoms with Crippen molar-refractivity contribution in [3.05, 3.63) is 320 Å². The number of hydrogen-bond donors (Lipinski definition) is 0. The van der Waals surface area contributed by atoms with E-state index in [2.05, 4.69) is 302 Å². The van der Waals surface area contributed by atoms with Crippen LogP contribution in [0.5, 0.6) is 0 Å². The van der Waals surface area contributed by atoms with Crippen LogP contribution >= 0.6 is 0 Å². The van der Waals surface area contributed by atoms with Gasteiger partial charge in [0.25, 0.3) is 0 Å². The predicted octanol–water partition coefficient (Wildman–Crippen LogP) is 19.0. The smallest absolute Gasteiger partial charge is 0.0713 e. The summed E-state index contributed by atoms with van der Waals surface area (Å²) in [5, 5.41) is 2.51. The van der Waals surface area contributed by atoms with Gasteiger partial charge < -0.3 is 4.90 Å². The van der Waals surface area contributed by atoms with Crippen molar-refractivity contribution < 1.29 is 0 Å². The quantitative estimate of drug-likeness (QED) is 0.132. The number of fused-ring (bicyclic) bond motifs is 4. The second-order valence-corrected chi connectivity index (χ2v) is 18.8. The Morgan fingerprint density at radius 1 is 0.250 bits per heavy atom. The molecular weight excluding hydrogens is 867 g/mol. The van der Waals surface area contributed by atoms with E-state index >= 15 is 0 Å². The number of para-hydroxylation sites is 1. The van der Waals surface area contributed by atoms with Crippen LogP contribution < -0.4 is 4.90 Å². The lowest BCUT2D eigenvalue weighted by atomic mass is 9.67. The van der Waals surface area contributed by atoms with Gasteiger partial charge >= 0.3 is 0 Å². The molecule has 0 bridgehead atoms. The summed E-state index contributed by atoms with van der Waals surface area (Å²) in [5.41, 5.74) is 22.3. The molecule has 0 aromatic heterocycles. The first kappa shape index (κ1) is 42.8. The summed E-state index contributed by atoms with van der Waals surface area (Å²) < 4.78 is 0. The molecule has 338 valence electrons. The third kappa shape index (κ3) is 7.34. The van der Waals surface area contributed by atoms with E-state index in [1.165, 1.54) is 83.1 Å². The Kier molecular flexibility index (Phi) is 10.8. The number of rotatable bonds is 10. The first-order valence-electron chi connectivity index (χ1n) is 24.9. The molecule has 0 radical (unpaired) electrons. The predicted molar refractivity (Wildman–Crippen MR) is 303 cm³/mol. The molecule has 12 aromatic carbocycles. The van der Waals surface area contributed by atoms with Crippen molar-refractivity contribution in [2.24, 2.45) is 0 Å². The molecule has 1 aliphatic rings. The van der Waals surface area contributed by atoms with Crippen molar-refractivity contribution in [3.8, 4) is 66.8 Å². The van der Waals surface area contributed by atoms with Crippen molar-refractivity contribution in [3.63, 3.8) is 0 Å². The van der Waals surface area contributed by atoms with E-state index in [1.54, 1.807) is 0 Å². The highest BCUT2D eigenvalue weighted by Gasteiger charge is 2.46. The summed E-state index contributed by atoms with van der Waals surface area (Å²) in [6.45, 7) is 0. The maximum absolute atomic E-state index is 2.43. The van der Waals surface area contributed by atoms with E-state index < -0.39 is 5.41 Å². The van der Waals surface area contributed by atoms with Crippen LogP contribution in [0.15, 0.2) is 297 Å². The Hall–Kier alpha value is -9.30. The molecule has 0 spiro atoms. The zero-order valence-electron chi connectivity index (χ0n) is 39.7. The van der Waals surface area contributed by atoms with Crippen molar-refractivity contribution in [1.82, 2.24) is 0 Å². The number of nitrogens with zero attached hydrogens (tertiary/aromatic N) is 1. The van der Waals surface area contributed by atoms with Crippen LogP contribution in [0.25, 0.3) is 77.5 Å². The van der Waals surface area contributed by atoms with Gasteiger partial charge in [0, 0.05) is 16.9 Å². The second kappa shape index (κ2) is 18.2. The van der Waals surface area contributed by atoms with E-state index in [4.69, 9.17) is 0 Å². The van der Waals surface area contributed by atoms with E-state index in [0.29, 0.717) is 0 Å². The Morgan fingerprint density at radius 2 is 0.722 bits per heavy atom. The zero-order chi connectivity index (χ0) is 47.8. The molecule has 1 nitrogen and oxygen atoms in total. The van der Waals surface area contributed by atoms with Crippen molar-refractivity contribution in [2.45, 2.75) is 5.41 Å². The van der Waals surface area contributed by atoms with E-state index in [1.807, 2.05) is 0 Å². The van der Waals surface area contributed by atoms with Crippen LogP contribution in [0.2, 0.25) is 0 Å². The van der Waals surface area contributed by atoms with Crippen LogP contribution in [-0.2, 0) is 5.41 Å². The van der Waals surface area contributed by atoms with E-state index in [0.717, 1.165) is 33.8 Å². The maximum atomic E-state index is 2.43. The minimum absolute atomic E-state index is 0.468. The summed E-state index contributed by atoms with van der Waals surface area (Å²) in [6, 6.07) is 109. The molecule has 0 atom stereocenters. The molecule has 0 N–H and O–H groups in total. The van der Waals surface area contributed by atoms with Crippen LogP contribution in [0, 0.1) is 0 Å². The molecule has 1 heteroatoms. The average molecular weight is 916 g/mol. The largest absolute Gasteiger partial charge is 0.310 e. The zero-order valence-corrected chi connectivity index (χ0v) is 39.7. The van der Waals surface area contributed by atoms with Crippen LogP contribution in [-0.4, -0.2) is 0 Å². The topological polar surface area (TPSA) is 3.24 Å². The van der Waals surface area contributed by atoms with E-state index in [-0.39, 0.29) is 0 Å². The van der Waals surface area contributed by atoms with Gasteiger partial charge in [-0.05, 0) is 131 Å². The van der Waals surface area contributed by atoms with Gasteiger partial charge in [-0.25, -0.2) is 0 Å². The lowest BCUT2D eigenvalue weighted by molar-refractivity contribution is 0.768. The first-order chi connectivity index (χ1) is 35.7. The lowest BCUT2D eigenvalue weighted by Crippen LogP contribution is -2.28. The third-order valence-corrected chi connectivity index (χ3v) is 14.8. The minimum atomic E-state index is -0.468. The molecule has 0 saturated heterocycles. The number of benzene rings is 12. The van der Waals surface area contributed by atoms with Crippen LogP contribution in [0.3, 0.4) is 0 Å². The second-order valence-electron chi connectivity index (χ2n) is 18.8. The highest BCUT2D eigenvalue weighted by molar-refractivity contribution is 5.98. The average Bonchev–Trinajstić information content (AvgIpc) is 3.77. The molecule has 12 aromatic rings. The van der Waals surface area contributed by atoms with Crippen LogP contribution in [0.1, 0.15) is 22.3 Å². The van der Waals surface area contributed by atoms with Gasteiger partial charge in [-0.15, -0.1) is 0 Å². The molecular formula is C71H49N. The Balaban J connectivity index is 0.944. The van der Waals surface area contributed by atoms with Gasteiger partial charge in [0.05, 0.1) is 11.1 Å². The Labute approximate surface area is 422 Å². The van der Waals surface area contributed by atoms with Gasteiger partial charge in [0.15, 0.2) is 0 Å². The maximum Gasteiger partial charge on any atom is 0.0713 e. The molecule has 0 fully saturated rings. The Bertz CT molecular complexity index is 3850. The van der Waals surface area contributed by atoms with Gasteiger partial charge in [-0.1, -0.05) is 261 Å². The van der Waals surface area contributed by atoms with Crippen LogP contribution in [0.4, 0.5) is 17.1 Å². The highest BCUT2D eigenvalue weighted by atomic mass is 15.1. The van der Waals surface area contributed by atoms with Gasteiger partial charge in [0.1, 0.15) is 0 Å². The van der Waals surface area contributed by atoms with E-state index in [9.17, 15) is 0 Å². The number of anilines is 3. The molecule has 1 aliphatic carbocycles.